The van der Waals surface area contributed by atoms with Crippen molar-refractivity contribution in [2.24, 2.45) is 9.98 Å². The minimum absolute atomic E-state index is 0. The van der Waals surface area contributed by atoms with Crippen molar-refractivity contribution in [2.45, 2.75) is 0 Å². The van der Waals surface area contributed by atoms with Gasteiger partial charge in [-0.1, -0.05) is 36.4 Å². The van der Waals surface area contributed by atoms with Crippen LogP contribution in [-0.4, -0.2) is 35.9 Å². The number of rotatable bonds is 8. The number of benzene rings is 2. The molecular formula is C26H16CuN2O8. The summed E-state index contributed by atoms with van der Waals surface area (Å²) in [5.74, 6) is -3.27. The van der Waals surface area contributed by atoms with E-state index in [9.17, 15) is 29.4 Å². The number of hydrogen-bond donors (Lipinski definition) is 0. The molecule has 11 heteroatoms. The van der Waals surface area contributed by atoms with Crippen LogP contribution in [0.4, 0.5) is 11.4 Å². The maximum atomic E-state index is 11.6. The smallest absolute Gasteiger partial charge is 0.545 e. The first-order chi connectivity index (χ1) is 17.4. The number of ketones is 2. The predicted octanol–water partition coefficient (Wildman–Crippen LogP) is 2.45. The van der Waals surface area contributed by atoms with Crippen LogP contribution in [-0.2, 0) is 17.1 Å². The van der Waals surface area contributed by atoms with Gasteiger partial charge in [0, 0.05) is 11.1 Å². The molecule has 0 aliphatic carbocycles. The normalized spacial score (nSPS) is 10.4. The van der Waals surface area contributed by atoms with E-state index in [-0.39, 0.29) is 51.1 Å². The third kappa shape index (κ3) is 8.10. The summed E-state index contributed by atoms with van der Waals surface area (Å²) >= 11 is 0. The topological polar surface area (TPSA) is 165 Å². The summed E-state index contributed by atoms with van der Waals surface area (Å²) in [6.45, 7) is 0. The van der Waals surface area contributed by atoms with Gasteiger partial charge >= 0.3 is 17.1 Å². The van der Waals surface area contributed by atoms with Crippen molar-refractivity contribution in [3.05, 3.63) is 108 Å². The van der Waals surface area contributed by atoms with Crippen LogP contribution in [0.3, 0.4) is 0 Å². The molecule has 2 aromatic carbocycles. The third-order valence-electron chi connectivity index (χ3n) is 4.42. The zero-order chi connectivity index (χ0) is 25.9. The fourth-order valence-corrected chi connectivity index (χ4v) is 2.74. The molecule has 10 nitrogen and oxygen atoms in total. The number of carbonyl (C=O) groups is 4. The zero-order valence-corrected chi connectivity index (χ0v) is 19.6. The fraction of sp³-hybridized carbons (Fsp3) is 0. The zero-order valence-electron chi connectivity index (χ0n) is 18.7. The summed E-state index contributed by atoms with van der Waals surface area (Å²) in [6, 6.07) is 18.2. The van der Waals surface area contributed by atoms with Gasteiger partial charge in [0.15, 0.2) is 11.5 Å². The molecule has 0 fully saturated rings. The molecule has 0 saturated heterocycles. The molecule has 0 saturated carbocycles. The maximum absolute atomic E-state index is 11.6. The van der Waals surface area contributed by atoms with Gasteiger partial charge in [0.25, 0.3) is 0 Å². The number of furan rings is 2. The Bertz CT molecular complexity index is 1310. The van der Waals surface area contributed by atoms with Gasteiger partial charge in [0.2, 0.25) is 11.6 Å². The first-order valence-corrected chi connectivity index (χ1v) is 10.2. The average molecular weight is 548 g/mol. The van der Waals surface area contributed by atoms with E-state index < -0.39 is 23.5 Å². The summed E-state index contributed by atoms with van der Waals surface area (Å²) in [5.41, 5.74) is 0.191. The number of carboxylic acid groups (broad SMARTS) is 2. The van der Waals surface area contributed by atoms with Crippen LogP contribution in [0.25, 0.3) is 0 Å². The standard InChI is InChI=1S/2C13H9NO4.Cu/c2*15-11(12-6-3-7-18-12)8-14-10-5-2-1-4-9(10)13(16)17;/h2*1-8H,(H,16,17);/q;;+2/p-2. The number of carboxylic acids is 2. The Morgan fingerprint density at radius 3 is 1.30 bits per heavy atom. The second-order valence-electron chi connectivity index (χ2n) is 6.81. The monoisotopic (exact) mass is 547 g/mol. The second-order valence-corrected chi connectivity index (χ2v) is 6.81. The van der Waals surface area contributed by atoms with Crippen LogP contribution in [0.2, 0.25) is 0 Å². The van der Waals surface area contributed by atoms with Crippen molar-refractivity contribution < 1.29 is 55.3 Å². The van der Waals surface area contributed by atoms with Gasteiger partial charge in [-0.2, -0.15) is 0 Å². The van der Waals surface area contributed by atoms with E-state index in [4.69, 9.17) is 8.83 Å². The maximum Gasteiger partial charge on any atom is 2.00 e. The van der Waals surface area contributed by atoms with Crippen molar-refractivity contribution in [1.82, 2.24) is 0 Å². The van der Waals surface area contributed by atoms with E-state index >= 15 is 0 Å². The van der Waals surface area contributed by atoms with Crippen LogP contribution < -0.4 is 10.2 Å². The van der Waals surface area contributed by atoms with Crippen LogP contribution in [0.15, 0.2) is 104 Å². The first kappa shape index (κ1) is 28.4. The van der Waals surface area contributed by atoms with E-state index in [2.05, 4.69) is 9.98 Å². The number of hydrogen-bond acceptors (Lipinski definition) is 10. The van der Waals surface area contributed by atoms with Gasteiger partial charge in [0.05, 0.1) is 48.3 Å². The van der Waals surface area contributed by atoms with Gasteiger partial charge in [-0.25, -0.2) is 0 Å². The third-order valence-corrected chi connectivity index (χ3v) is 4.42. The van der Waals surface area contributed by atoms with E-state index in [1.165, 1.54) is 48.9 Å². The number of para-hydroxylation sites is 2. The number of Topliss-reactive ketones (excluding diaryl/α,β-unsaturated/α-hetero) is 2. The largest absolute Gasteiger partial charge is 2.00 e. The molecule has 0 unspecified atom stereocenters. The van der Waals surface area contributed by atoms with Crippen LogP contribution in [0.1, 0.15) is 41.8 Å². The molecule has 4 aromatic rings. The Balaban J connectivity index is 0.000000253. The minimum atomic E-state index is -1.34. The quantitative estimate of drug-likeness (QED) is 0.184. The van der Waals surface area contributed by atoms with Crippen LogP contribution >= 0.6 is 0 Å². The van der Waals surface area contributed by atoms with Crippen molar-refractivity contribution in [2.75, 3.05) is 0 Å². The molecule has 0 bridgehead atoms. The number of carbonyl (C=O) groups excluding carboxylic acids is 4. The van der Waals surface area contributed by atoms with Crippen molar-refractivity contribution in [3.63, 3.8) is 0 Å². The summed E-state index contributed by atoms with van der Waals surface area (Å²) < 4.78 is 9.78. The number of aliphatic imine (C=N–C) groups is 2. The summed E-state index contributed by atoms with van der Waals surface area (Å²) in [7, 11) is 0. The Morgan fingerprint density at radius 2 is 0.973 bits per heavy atom. The molecule has 37 heavy (non-hydrogen) atoms. The molecule has 189 valence electrons. The molecule has 0 N–H and O–H groups in total. The molecular weight excluding hydrogens is 532 g/mol. The number of aromatic carboxylic acids is 2. The van der Waals surface area contributed by atoms with Gasteiger partial charge in [-0.05, 0) is 36.4 Å². The van der Waals surface area contributed by atoms with Gasteiger partial charge in [0.1, 0.15) is 0 Å². The Labute approximate surface area is 220 Å². The summed E-state index contributed by atoms with van der Waals surface area (Å²) in [4.78, 5) is 52.4. The van der Waals surface area contributed by atoms with Crippen LogP contribution in [0, 0.1) is 0 Å². The van der Waals surface area contributed by atoms with Gasteiger partial charge in [-0.3, -0.25) is 19.6 Å². The molecule has 0 atom stereocenters. The molecule has 0 amide bonds. The Morgan fingerprint density at radius 1 is 0.595 bits per heavy atom. The van der Waals surface area contributed by atoms with Gasteiger partial charge < -0.3 is 28.6 Å². The second kappa shape index (κ2) is 13.9. The first-order valence-electron chi connectivity index (χ1n) is 10.2. The van der Waals surface area contributed by atoms with E-state index in [0.717, 1.165) is 12.4 Å². The van der Waals surface area contributed by atoms with E-state index in [0.29, 0.717) is 0 Å². The van der Waals surface area contributed by atoms with E-state index in [1.807, 2.05) is 0 Å². The molecule has 0 aliphatic heterocycles. The van der Waals surface area contributed by atoms with E-state index in [1.54, 1.807) is 36.4 Å². The van der Waals surface area contributed by atoms with Crippen molar-refractivity contribution >= 4 is 47.3 Å². The van der Waals surface area contributed by atoms with Crippen LogP contribution in [0.5, 0.6) is 0 Å². The summed E-state index contributed by atoms with van der Waals surface area (Å²) in [6.07, 6.45) is 4.77. The van der Waals surface area contributed by atoms with Crippen molar-refractivity contribution in [1.29, 1.82) is 0 Å². The van der Waals surface area contributed by atoms with Gasteiger partial charge in [-0.15, -0.1) is 0 Å². The SMILES string of the molecule is O=C(C=Nc1ccccc1C(=O)[O-])c1ccco1.O=C(C=Nc1ccccc1C(=O)[O-])c1ccco1.[Cu+2]. The predicted molar refractivity (Wildman–Crippen MR) is 124 cm³/mol. The summed E-state index contributed by atoms with van der Waals surface area (Å²) in [5, 5.41) is 21.6. The molecule has 4 rings (SSSR count). The molecule has 2 heterocycles. The molecule has 2 aromatic heterocycles. The van der Waals surface area contributed by atoms with Crippen molar-refractivity contribution in [3.8, 4) is 0 Å². The Hall–Kier alpha value is -4.86. The fourth-order valence-electron chi connectivity index (χ4n) is 2.74. The Kier molecular flexibility index (Phi) is 10.6. The minimum Gasteiger partial charge on any atom is -0.545 e. The molecule has 0 aliphatic rings. The average Bonchev–Trinajstić information content (AvgIpc) is 3.61. The molecule has 0 spiro atoms. The number of nitrogens with zero attached hydrogens (tertiary/aromatic N) is 2. The molecule has 1 radical (unpaired) electrons.